The third-order valence-corrected chi connectivity index (χ3v) is 3.21. The van der Waals surface area contributed by atoms with E-state index in [1.165, 1.54) is 0 Å². The van der Waals surface area contributed by atoms with Gasteiger partial charge in [0.1, 0.15) is 5.82 Å². The fraction of sp³-hybridized carbons (Fsp3) is 0.353. The van der Waals surface area contributed by atoms with Gasteiger partial charge in [0, 0.05) is 18.4 Å². The number of aromatic nitrogens is 2. The zero-order chi connectivity index (χ0) is 16.8. The van der Waals surface area contributed by atoms with Crippen molar-refractivity contribution < 1.29 is 4.79 Å². The molecule has 2 aromatic rings. The number of amides is 1. The van der Waals surface area contributed by atoms with Gasteiger partial charge in [-0.3, -0.25) is 9.78 Å². The Hall–Kier alpha value is -2.47. The quantitative estimate of drug-likeness (QED) is 0.855. The largest absolute Gasteiger partial charge is 0.364 e. The lowest BCUT2D eigenvalue weighted by Crippen LogP contribution is -2.27. The molecular formula is C17H23N5O. The van der Waals surface area contributed by atoms with Crippen LogP contribution in [0.3, 0.4) is 0 Å². The summed E-state index contributed by atoms with van der Waals surface area (Å²) < 4.78 is 0. The third-order valence-electron chi connectivity index (χ3n) is 3.21. The summed E-state index contributed by atoms with van der Waals surface area (Å²) in [6.45, 7) is 4.82. The zero-order valence-electron chi connectivity index (χ0n) is 14.1. The summed E-state index contributed by atoms with van der Waals surface area (Å²) in [4.78, 5) is 22.4. The maximum atomic E-state index is 11.8. The highest BCUT2D eigenvalue weighted by Gasteiger charge is 2.05. The number of hydrogen-bond acceptors (Lipinski definition) is 5. The van der Waals surface area contributed by atoms with E-state index in [0.717, 1.165) is 28.5 Å². The molecule has 2 rings (SSSR count). The molecule has 6 nitrogen and oxygen atoms in total. The van der Waals surface area contributed by atoms with Crippen LogP contribution < -0.4 is 10.6 Å². The molecule has 0 aliphatic carbocycles. The molecule has 122 valence electrons. The van der Waals surface area contributed by atoms with Gasteiger partial charge in [0.2, 0.25) is 5.91 Å². The van der Waals surface area contributed by atoms with E-state index in [1.807, 2.05) is 57.1 Å². The smallest absolute Gasteiger partial charge is 0.238 e. The first-order chi connectivity index (χ1) is 10.9. The number of anilines is 2. The molecule has 1 aromatic carbocycles. The van der Waals surface area contributed by atoms with Crippen molar-refractivity contribution in [1.29, 1.82) is 0 Å². The average molecular weight is 313 g/mol. The monoisotopic (exact) mass is 313 g/mol. The molecule has 2 N–H and O–H groups in total. The Morgan fingerprint density at radius 1 is 1.26 bits per heavy atom. The molecule has 0 saturated heterocycles. The Bertz CT molecular complexity index is 684. The van der Waals surface area contributed by atoms with Crippen molar-refractivity contribution in [3.8, 4) is 0 Å². The van der Waals surface area contributed by atoms with E-state index >= 15 is 0 Å². The predicted octanol–water partition coefficient (Wildman–Crippen LogP) is 2.21. The van der Waals surface area contributed by atoms with E-state index in [1.54, 1.807) is 6.20 Å². The first-order valence-electron chi connectivity index (χ1n) is 7.51. The second-order valence-corrected chi connectivity index (χ2v) is 5.79. The SMILES string of the molecule is Cc1cnc(C)c(NCc2cccc(NC(=O)CN(C)C)c2)n1. The first-order valence-corrected chi connectivity index (χ1v) is 7.51. The van der Waals surface area contributed by atoms with Crippen LogP contribution in [0, 0.1) is 13.8 Å². The van der Waals surface area contributed by atoms with Crippen LogP contribution >= 0.6 is 0 Å². The van der Waals surface area contributed by atoms with Gasteiger partial charge in [-0.2, -0.15) is 0 Å². The van der Waals surface area contributed by atoms with Gasteiger partial charge in [-0.1, -0.05) is 12.1 Å². The van der Waals surface area contributed by atoms with Crippen molar-refractivity contribution >= 4 is 17.4 Å². The van der Waals surface area contributed by atoms with E-state index in [-0.39, 0.29) is 5.91 Å². The molecule has 0 saturated carbocycles. The maximum absolute atomic E-state index is 11.8. The van der Waals surface area contributed by atoms with Crippen LogP contribution in [0.25, 0.3) is 0 Å². The Balaban J connectivity index is 2.00. The van der Waals surface area contributed by atoms with Crippen molar-refractivity contribution in [3.05, 3.63) is 47.4 Å². The van der Waals surface area contributed by atoms with E-state index in [4.69, 9.17) is 0 Å². The summed E-state index contributed by atoms with van der Waals surface area (Å²) in [5.74, 6) is 0.757. The molecule has 0 aliphatic heterocycles. The van der Waals surface area contributed by atoms with Crippen molar-refractivity contribution in [2.45, 2.75) is 20.4 Å². The van der Waals surface area contributed by atoms with Gasteiger partial charge in [0.25, 0.3) is 0 Å². The average Bonchev–Trinajstić information content (AvgIpc) is 2.47. The highest BCUT2D eigenvalue weighted by molar-refractivity contribution is 5.92. The molecule has 0 unspecified atom stereocenters. The van der Waals surface area contributed by atoms with Crippen LogP contribution in [0.4, 0.5) is 11.5 Å². The van der Waals surface area contributed by atoms with Gasteiger partial charge in [0.15, 0.2) is 0 Å². The summed E-state index contributed by atoms with van der Waals surface area (Å²) in [7, 11) is 3.73. The highest BCUT2D eigenvalue weighted by Crippen LogP contribution is 2.14. The number of nitrogens with zero attached hydrogens (tertiary/aromatic N) is 3. The topological polar surface area (TPSA) is 70.2 Å². The van der Waals surface area contributed by atoms with Crippen molar-refractivity contribution in [2.75, 3.05) is 31.3 Å². The fourth-order valence-corrected chi connectivity index (χ4v) is 2.14. The standard InChI is InChI=1S/C17H23N5O/c1-12-9-18-13(2)17(20-12)19-10-14-6-5-7-15(8-14)21-16(23)11-22(3)4/h5-9H,10-11H2,1-4H3,(H,19,20)(H,21,23). The van der Waals surface area contributed by atoms with Crippen LogP contribution in [0.2, 0.25) is 0 Å². The van der Waals surface area contributed by atoms with Gasteiger partial charge in [-0.05, 0) is 45.6 Å². The van der Waals surface area contributed by atoms with Crippen LogP contribution in [-0.4, -0.2) is 41.4 Å². The lowest BCUT2D eigenvalue weighted by molar-refractivity contribution is -0.116. The van der Waals surface area contributed by atoms with Crippen LogP contribution in [0.5, 0.6) is 0 Å². The van der Waals surface area contributed by atoms with Crippen molar-refractivity contribution in [1.82, 2.24) is 14.9 Å². The minimum atomic E-state index is -0.0273. The number of likely N-dealkylation sites (N-methyl/N-ethyl adjacent to an activating group) is 1. The van der Waals surface area contributed by atoms with Crippen LogP contribution in [-0.2, 0) is 11.3 Å². The van der Waals surface area contributed by atoms with E-state index in [9.17, 15) is 4.79 Å². The summed E-state index contributed by atoms with van der Waals surface area (Å²) in [6.07, 6.45) is 1.75. The molecule has 1 heterocycles. The number of aryl methyl sites for hydroxylation is 2. The number of nitrogens with one attached hydrogen (secondary N) is 2. The number of carbonyl (C=O) groups is 1. The van der Waals surface area contributed by atoms with Crippen LogP contribution in [0.15, 0.2) is 30.5 Å². The number of carbonyl (C=O) groups excluding carboxylic acids is 1. The molecule has 0 bridgehead atoms. The maximum Gasteiger partial charge on any atom is 0.238 e. The lowest BCUT2D eigenvalue weighted by atomic mass is 10.2. The Morgan fingerprint density at radius 2 is 2.04 bits per heavy atom. The molecule has 0 spiro atoms. The van der Waals surface area contributed by atoms with Crippen molar-refractivity contribution in [3.63, 3.8) is 0 Å². The van der Waals surface area contributed by atoms with Gasteiger partial charge in [0.05, 0.1) is 17.9 Å². The van der Waals surface area contributed by atoms with Crippen LogP contribution in [0.1, 0.15) is 17.0 Å². The molecule has 0 aliphatic rings. The fourth-order valence-electron chi connectivity index (χ4n) is 2.14. The van der Waals surface area contributed by atoms with Gasteiger partial charge in [-0.25, -0.2) is 4.98 Å². The molecule has 0 radical (unpaired) electrons. The van der Waals surface area contributed by atoms with E-state index in [0.29, 0.717) is 13.1 Å². The lowest BCUT2D eigenvalue weighted by Gasteiger charge is -2.12. The Morgan fingerprint density at radius 3 is 2.78 bits per heavy atom. The molecule has 1 aromatic heterocycles. The summed E-state index contributed by atoms with van der Waals surface area (Å²) in [5, 5.41) is 6.18. The predicted molar refractivity (Wildman–Crippen MR) is 92.5 cm³/mol. The third kappa shape index (κ3) is 5.34. The minimum absolute atomic E-state index is 0.0273. The molecule has 0 fully saturated rings. The minimum Gasteiger partial charge on any atom is -0.364 e. The zero-order valence-corrected chi connectivity index (χ0v) is 14.1. The molecular weight excluding hydrogens is 290 g/mol. The van der Waals surface area contributed by atoms with Crippen molar-refractivity contribution in [2.24, 2.45) is 0 Å². The number of hydrogen-bond donors (Lipinski definition) is 2. The number of rotatable bonds is 6. The molecule has 0 atom stereocenters. The van der Waals surface area contributed by atoms with E-state index in [2.05, 4.69) is 20.6 Å². The summed E-state index contributed by atoms with van der Waals surface area (Å²) in [5.41, 5.74) is 3.60. The number of benzene rings is 1. The summed E-state index contributed by atoms with van der Waals surface area (Å²) in [6, 6.07) is 7.78. The second-order valence-electron chi connectivity index (χ2n) is 5.79. The van der Waals surface area contributed by atoms with E-state index < -0.39 is 0 Å². The molecule has 1 amide bonds. The first kappa shape index (κ1) is 16.9. The Labute approximate surface area is 137 Å². The molecule has 6 heteroatoms. The normalized spacial score (nSPS) is 10.7. The second kappa shape index (κ2) is 7.69. The Kier molecular flexibility index (Phi) is 5.65. The molecule has 23 heavy (non-hydrogen) atoms. The van der Waals surface area contributed by atoms with Gasteiger partial charge in [-0.15, -0.1) is 0 Å². The summed E-state index contributed by atoms with van der Waals surface area (Å²) >= 11 is 0. The van der Waals surface area contributed by atoms with Gasteiger partial charge >= 0.3 is 0 Å². The highest BCUT2D eigenvalue weighted by atomic mass is 16.2. The van der Waals surface area contributed by atoms with Gasteiger partial charge < -0.3 is 15.5 Å².